The van der Waals surface area contributed by atoms with Crippen molar-refractivity contribution in [2.75, 3.05) is 17.2 Å². The van der Waals surface area contributed by atoms with Gasteiger partial charge in [-0.1, -0.05) is 0 Å². The Bertz CT molecular complexity index is 863. The lowest BCUT2D eigenvalue weighted by Gasteiger charge is -2.36. The highest BCUT2D eigenvalue weighted by atomic mass is 32.1. The molecule has 1 aliphatic carbocycles. The van der Waals surface area contributed by atoms with E-state index in [4.69, 9.17) is 5.73 Å². The van der Waals surface area contributed by atoms with E-state index >= 15 is 0 Å². The third kappa shape index (κ3) is 3.03. The SMILES string of the molecule is Cc1cc(N2[C@@H]3CC[C@H]2[C@@](Cc2cscn2)(C(=O)NCC2CC2)C3)nc(N)n1. The monoisotopic (exact) mass is 398 g/mol. The van der Waals surface area contributed by atoms with Crippen LogP contribution in [0, 0.1) is 18.3 Å². The normalized spacial score (nSPS) is 28.7. The summed E-state index contributed by atoms with van der Waals surface area (Å²) in [4.78, 5) is 29.1. The Morgan fingerprint density at radius 2 is 2.21 bits per heavy atom. The van der Waals surface area contributed by atoms with Crippen LogP contribution >= 0.6 is 11.3 Å². The summed E-state index contributed by atoms with van der Waals surface area (Å²) in [5.41, 5.74) is 9.19. The summed E-state index contributed by atoms with van der Waals surface area (Å²) in [5.74, 6) is 2.00. The highest BCUT2D eigenvalue weighted by molar-refractivity contribution is 7.07. The third-order valence-electron chi connectivity index (χ3n) is 6.54. The maximum Gasteiger partial charge on any atom is 0.228 e. The Labute approximate surface area is 168 Å². The summed E-state index contributed by atoms with van der Waals surface area (Å²) in [6.45, 7) is 2.74. The number of fused-ring (bicyclic) bond motifs is 2. The first-order chi connectivity index (χ1) is 13.5. The number of nitrogens with zero attached hydrogens (tertiary/aromatic N) is 4. The fourth-order valence-electron chi connectivity index (χ4n) is 5.13. The van der Waals surface area contributed by atoms with Gasteiger partial charge < -0.3 is 16.0 Å². The number of aromatic nitrogens is 3. The second-order valence-electron chi connectivity index (χ2n) is 8.55. The molecule has 0 aromatic carbocycles. The molecule has 3 aliphatic rings. The van der Waals surface area contributed by atoms with E-state index < -0.39 is 5.41 Å². The largest absolute Gasteiger partial charge is 0.368 e. The van der Waals surface area contributed by atoms with Crippen molar-refractivity contribution in [1.29, 1.82) is 0 Å². The number of thiazole rings is 1. The highest BCUT2D eigenvalue weighted by Gasteiger charge is 2.60. The van der Waals surface area contributed by atoms with Crippen LogP contribution in [0.25, 0.3) is 0 Å². The molecule has 3 atom stereocenters. The summed E-state index contributed by atoms with van der Waals surface area (Å²) in [7, 11) is 0. The molecule has 1 saturated carbocycles. The second kappa shape index (κ2) is 6.69. The van der Waals surface area contributed by atoms with Gasteiger partial charge in [0, 0.05) is 42.2 Å². The number of carbonyl (C=O) groups is 1. The van der Waals surface area contributed by atoms with Gasteiger partial charge >= 0.3 is 0 Å². The molecule has 2 bridgehead atoms. The minimum Gasteiger partial charge on any atom is -0.368 e. The average Bonchev–Trinajstić information content (AvgIpc) is 3.06. The number of nitrogens with two attached hydrogens (primary N) is 1. The van der Waals surface area contributed by atoms with Gasteiger partial charge in [0.05, 0.1) is 16.6 Å². The summed E-state index contributed by atoms with van der Waals surface area (Å²) >= 11 is 1.59. The number of carbonyl (C=O) groups excluding carboxylic acids is 1. The van der Waals surface area contributed by atoms with Crippen molar-refractivity contribution in [3.63, 3.8) is 0 Å². The zero-order chi connectivity index (χ0) is 19.3. The van der Waals surface area contributed by atoms with Crippen LogP contribution in [0.1, 0.15) is 43.5 Å². The van der Waals surface area contributed by atoms with E-state index in [1.807, 2.05) is 18.5 Å². The van der Waals surface area contributed by atoms with E-state index in [2.05, 4.69) is 30.5 Å². The van der Waals surface area contributed by atoms with E-state index in [1.165, 1.54) is 12.8 Å². The molecule has 148 valence electrons. The van der Waals surface area contributed by atoms with Crippen molar-refractivity contribution in [3.8, 4) is 0 Å². The lowest BCUT2D eigenvalue weighted by Crippen LogP contribution is -2.51. The zero-order valence-corrected chi connectivity index (χ0v) is 16.9. The van der Waals surface area contributed by atoms with Crippen molar-refractivity contribution < 1.29 is 4.79 Å². The van der Waals surface area contributed by atoms with E-state index in [0.29, 0.717) is 24.3 Å². The van der Waals surface area contributed by atoms with Gasteiger partial charge in [-0.25, -0.2) is 9.97 Å². The van der Waals surface area contributed by atoms with Gasteiger partial charge in [0.25, 0.3) is 0 Å². The molecule has 0 spiro atoms. The fourth-order valence-corrected chi connectivity index (χ4v) is 5.69. The van der Waals surface area contributed by atoms with Gasteiger partial charge in [-0.2, -0.15) is 4.98 Å². The average molecular weight is 399 g/mol. The topological polar surface area (TPSA) is 97.0 Å². The predicted molar refractivity (Wildman–Crippen MR) is 109 cm³/mol. The summed E-state index contributed by atoms with van der Waals surface area (Å²) in [6.07, 6.45) is 6.07. The van der Waals surface area contributed by atoms with Gasteiger partial charge in [0.2, 0.25) is 11.9 Å². The van der Waals surface area contributed by atoms with Gasteiger partial charge in [-0.05, 0) is 44.9 Å². The van der Waals surface area contributed by atoms with Gasteiger partial charge in [0.15, 0.2) is 0 Å². The van der Waals surface area contributed by atoms with Crippen LogP contribution in [0.4, 0.5) is 11.8 Å². The smallest absolute Gasteiger partial charge is 0.228 e. The molecule has 2 saturated heterocycles. The number of rotatable bonds is 6. The number of nitrogen functional groups attached to an aromatic ring is 1. The van der Waals surface area contributed by atoms with E-state index in [0.717, 1.165) is 43.0 Å². The number of hydrogen-bond acceptors (Lipinski definition) is 7. The Kier molecular flexibility index (Phi) is 4.26. The first kappa shape index (κ1) is 17.8. The summed E-state index contributed by atoms with van der Waals surface area (Å²) in [5, 5.41) is 5.34. The van der Waals surface area contributed by atoms with Crippen LogP contribution < -0.4 is 16.0 Å². The molecule has 3 fully saturated rings. The molecular weight excluding hydrogens is 372 g/mol. The maximum absolute atomic E-state index is 13.5. The molecule has 28 heavy (non-hydrogen) atoms. The quantitative estimate of drug-likeness (QED) is 0.775. The second-order valence-corrected chi connectivity index (χ2v) is 9.27. The number of nitrogens with one attached hydrogen (secondary N) is 1. The van der Waals surface area contributed by atoms with Crippen molar-refractivity contribution >= 4 is 29.0 Å². The first-order valence-corrected chi connectivity index (χ1v) is 11.0. The fraction of sp³-hybridized carbons (Fsp3) is 0.600. The van der Waals surface area contributed by atoms with E-state index in [-0.39, 0.29) is 11.9 Å². The minimum atomic E-state index is -0.459. The van der Waals surface area contributed by atoms with E-state index in [9.17, 15) is 4.79 Å². The van der Waals surface area contributed by atoms with Crippen molar-refractivity contribution in [3.05, 3.63) is 28.3 Å². The lowest BCUT2D eigenvalue weighted by molar-refractivity contribution is -0.132. The van der Waals surface area contributed by atoms with Crippen molar-refractivity contribution in [1.82, 2.24) is 20.3 Å². The Morgan fingerprint density at radius 3 is 2.93 bits per heavy atom. The number of aryl methyl sites for hydroxylation is 1. The molecule has 8 heteroatoms. The molecule has 0 radical (unpaired) electrons. The molecule has 5 rings (SSSR count). The lowest BCUT2D eigenvalue weighted by atomic mass is 9.70. The summed E-state index contributed by atoms with van der Waals surface area (Å²) < 4.78 is 0. The number of hydrogen-bond donors (Lipinski definition) is 2. The van der Waals surface area contributed by atoms with Gasteiger partial charge in [0.1, 0.15) is 5.82 Å². The molecular formula is C20H26N6OS. The van der Waals surface area contributed by atoms with Gasteiger partial charge in [-0.3, -0.25) is 4.79 Å². The van der Waals surface area contributed by atoms with Gasteiger partial charge in [-0.15, -0.1) is 11.3 Å². The van der Waals surface area contributed by atoms with Crippen molar-refractivity contribution in [2.24, 2.45) is 11.3 Å². The van der Waals surface area contributed by atoms with E-state index in [1.54, 1.807) is 11.3 Å². The first-order valence-electron chi connectivity index (χ1n) is 10.1. The van der Waals surface area contributed by atoms with Crippen LogP contribution in [-0.2, 0) is 11.2 Å². The van der Waals surface area contributed by atoms with Crippen molar-refractivity contribution in [2.45, 2.75) is 57.5 Å². The standard InChI is InChI=1S/C20H26N6OS/c1-12-6-17(25-19(21)24-12)26-15-4-5-16(26)20(8-15,7-14-10-28-11-23-14)18(27)22-9-13-2-3-13/h6,10-11,13,15-16H,2-5,7-9H2,1H3,(H,22,27)(H2,21,24,25)/t15-,16+,20+/m1/s1. The Morgan fingerprint density at radius 1 is 1.36 bits per heavy atom. The Hall–Kier alpha value is -2.22. The molecule has 4 heterocycles. The molecule has 2 aromatic rings. The maximum atomic E-state index is 13.5. The molecule has 2 aromatic heterocycles. The predicted octanol–water partition coefficient (Wildman–Crippen LogP) is 2.32. The molecule has 7 nitrogen and oxygen atoms in total. The highest BCUT2D eigenvalue weighted by Crippen LogP contribution is 2.53. The molecule has 2 aliphatic heterocycles. The number of amides is 1. The van der Waals surface area contributed by atoms with Crippen LogP contribution in [-0.4, -0.2) is 39.5 Å². The Balaban J connectivity index is 1.49. The van der Waals surface area contributed by atoms with Crippen LogP contribution in [0.5, 0.6) is 0 Å². The van der Waals surface area contributed by atoms with Crippen LogP contribution in [0.15, 0.2) is 17.0 Å². The minimum absolute atomic E-state index is 0.118. The van der Waals surface area contributed by atoms with Crippen LogP contribution in [0.3, 0.4) is 0 Å². The third-order valence-corrected chi connectivity index (χ3v) is 7.18. The zero-order valence-electron chi connectivity index (χ0n) is 16.1. The summed E-state index contributed by atoms with van der Waals surface area (Å²) in [6, 6.07) is 2.42. The molecule has 0 unspecified atom stereocenters. The number of anilines is 2. The molecule has 1 amide bonds. The van der Waals surface area contributed by atoms with Crippen LogP contribution in [0.2, 0.25) is 0 Å². The molecule has 3 N–H and O–H groups in total.